The number of nitrogens with zero attached hydrogens (tertiary/aromatic N) is 1. The van der Waals surface area contributed by atoms with Gasteiger partial charge in [0.25, 0.3) is 0 Å². The molecule has 1 amide bonds. The second-order valence-corrected chi connectivity index (χ2v) is 7.64. The van der Waals surface area contributed by atoms with E-state index in [0.29, 0.717) is 29.2 Å². The van der Waals surface area contributed by atoms with Crippen LogP contribution in [0.3, 0.4) is 0 Å². The highest BCUT2D eigenvalue weighted by molar-refractivity contribution is 5.76. The van der Waals surface area contributed by atoms with E-state index in [4.69, 9.17) is 0 Å². The molecule has 1 aliphatic rings. The van der Waals surface area contributed by atoms with Gasteiger partial charge >= 0.3 is 0 Å². The molecule has 0 spiro atoms. The maximum atomic E-state index is 12.3. The summed E-state index contributed by atoms with van der Waals surface area (Å²) in [5.74, 6) is 1.57. The second kappa shape index (κ2) is 7.44. The Balaban J connectivity index is 2.64. The van der Waals surface area contributed by atoms with Crippen LogP contribution in [-0.4, -0.2) is 36.5 Å². The van der Waals surface area contributed by atoms with E-state index in [0.717, 1.165) is 38.9 Å². The molecule has 0 aliphatic carbocycles. The van der Waals surface area contributed by atoms with Gasteiger partial charge in [0.1, 0.15) is 0 Å². The summed E-state index contributed by atoms with van der Waals surface area (Å²) in [7, 11) is 0. The first kappa shape index (κ1) is 17.5. The molecule has 2 atom stereocenters. The highest BCUT2D eigenvalue weighted by Crippen LogP contribution is 2.34. The van der Waals surface area contributed by atoms with Gasteiger partial charge in [0.2, 0.25) is 5.91 Å². The molecule has 118 valence electrons. The number of rotatable bonds is 5. The number of amides is 1. The Morgan fingerprint density at radius 2 is 1.95 bits per heavy atom. The van der Waals surface area contributed by atoms with Crippen molar-refractivity contribution < 1.29 is 4.79 Å². The molecule has 20 heavy (non-hydrogen) atoms. The minimum atomic E-state index is 0.315. The Morgan fingerprint density at radius 3 is 2.45 bits per heavy atom. The molecule has 1 fully saturated rings. The van der Waals surface area contributed by atoms with Crippen molar-refractivity contribution in [3.8, 4) is 0 Å². The molecule has 1 N–H and O–H groups in total. The van der Waals surface area contributed by atoms with E-state index in [2.05, 4.69) is 51.8 Å². The highest BCUT2D eigenvalue weighted by Gasteiger charge is 2.30. The van der Waals surface area contributed by atoms with Crippen molar-refractivity contribution in [2.75, 3.05) is 19.6 Å². The summed E-state index contributed by atoms with van der Waals surface area (Å²) in [5, 5.41) is 3.52. The zero-order valence-corrected chi connectivity index (χ0v) is 14.3. The van der Waals surface area contributed by atoms with Gasteiger partial charge in [0.15, 0.2) is 0 Å². The third-order valence-corrected chi connectivity index (χ3v) is 4.72. The molecule has 0 aromatic carbocycles. The number of carbonyl (C=O) groups is 1. The van der Waals surface area contributed by atoms with Gasteiger partial charge in [-0.15, -0.1) is 0 Å². The molecule has 1 aliphatic heterocycles. The van der Waals surface area contributed by atoms with Gasteiger partial charge in [-0.2, -0.15) is 0 Å². The van der Waals surface area contributed by atoms with E-state index in [1.54, 1.807) is 0 Å². The molecular weight excluding hydrogens is 248 g/mol. The predicted octanol–water partition coefficient (Wildman–Crippen LogP) is 3.30. The highest BCUT2D eigenvalue weighted by atomic mass is 16.2. The Kier molecular flexibility index (Phi) is 6.50. The summed E-state index contributed by atoms with van der Waals surface area (Å²) in [6.45, 7) is 16.2. The molecule has 0 aromatic heterocycles. The van der Waals surface area contributed by atoms with Crippen LogP contribution in [0.2, 0.25) is 0 Å². The fraction of sp³-hybridized carbons (Fsp3) is 0.941. The van der Waals surface area contributed by atoms with Crippen molar-refractivity contribution in [3.63, 3.8) is 0 Å². The number of likely N-dealkylation sites (tertiary alicyclic amines) is 1. The lowest BCUT2D eigenvalue weighted by Gasteiger charge is -2.31. The summed E-state index contributed by atoms with van der Waals surface area (Å²) in [5.41, 5.74) is 0.315. The van der Waals surface area contributed by atoms with Crippen LogP contribution in [0.25, 0.3) is 0 Å². The lowest BCUT2D eigenvalue weighted by atomic mass is 9.77. The average molecular weight is 282 g/mol. The van der Waals surface area contributed by atoms with Crippen LogP contribution in [0.15, 0.2) is 0 Å². The molecular formula is C17H34N2O. The first-order valence-corrected chi connectivity index (χ1v) is 8.26. The van der Waals surface area contributed by atoms with E-state index in [1.165, 1.54) is 0 Å². The first-order valence-electron chi connectivity index (χ1n) is 8.26. The lowest BCUT2D eigenvalue weighted by molar-refractivity contribution is -0.131. The maximum Gasteiger partial charge on any atom is 0.222 e. The van der Waals surface area contributed by atoms with E-state index < -0.39 is 0 Å². The van der Waals surface area contributed by atoms with Gasteiger partial charge in [-0.05, 0) is 36.6 Å². The summed E-state index contributed by atoms with van der Waals surface area (Å²) >= 11 is 0. The third-order valence-electron chi connectivity index (χ3n) is 4.72. The van der Waals surface area contributed by atoms with Crippen LogP contribution in [0.1, 0.15) is 60.8 Å². The second-order valence-electron chi connectivity index (χ2n) is 7.64. The molecule has 1 saturated heterocycles. The van der Waals surface area contributed by atoms with Gasteiger partial charge < -0.3 is 10.2 Å². The van der Waals surface area contributed by atoms with Crippen LogP contribution >= 0.6 is 0 Å². The lowest BCUT2D eigenvalue weighted by Crippen LogP contribution is -2.46. The van der Waals surface area contributed by atoms with Gasteiger partial charge in [-0.1, -0.05) is 41.5 Å². The van der Waals surface area contributed by atoms with E-state index in [1.807, 2.05) is 0 Å². The number of carbonyl (C=O) groups excluding carboxylic acids is 1. The van der Waals surface area contributed by atoms with Crippen LogP contribution in [0.5, 0.6) is 0 Å². The number of hydrogen-bond donors (Lipinski definition) is 1. The predicted molar refractivity (Wildman–Crippen MR) is 85.7 cm³/mol. The molecule has 0 radical (unpaired) electrons. The minimum absolute atomic E-state index is 0.315. The van der Waals surface area contributed by atoms with Crippen LogP contribution in [0, 0.1) is 17.3 Å². The fourth-order valence-corrected chi connectivity index (χ4v) is 3.11. The van der Waals surface area contributed by atoms with E-state index in [-0.39, 0.29) is 0 Å². The van der Waals surface area contributed by atoms with Crippen molar-refractivity contribution in [3.05, 3.63) is 0 Å². The quantitative estimate of drug-likeness (QED) is 0.839. The Labute approximate surface area is 125 Å². The molecule has 0 bridgehead atoms. The fourth-order valence-electron chi connectivity index (χ4n) is 3.11. The standard InChI is InChI=1S/C17H34N2O/c1-7-18-15(13(2)3)12-19-11-10-14(17(4,5)6)8-9-16(19)20/h13-15,18H,7-12H2,1-6H3. The largest absolute Gasteiger partial charge is 0.341 e. The Hall–Kier alpha value is -0.570. The SMILES string of the molecule is CCNC(CN1CCC(C(C)(C)C)CCC1=O)C(C)C. The Bertz CT molecular complexity index is 307. The smallest absolute Gasteiger partial charge is 0.222 e. The third kappa shape index (κ3) is 5.08. The van der Waals surface area contributed by atoms with Gasteiger partial charge in [0.05, 0.1) is 0 Å². The van der Waals surface area contributed by atoms with Gasteiger partial charge in [0, 0.05) is 25.6 Å². The number of nitrogens with one attached hydrogen (secondary N) is 1. The number of likely N-dealkylation sites (N-methyl/N-ethyl adjacent to an activating group) is 1. The van der Waals surface area contributed by atoms with Gasteiger partial charge in [-0.3, -0.25) is 4.79 Å². The summed E-state index contributed by atoms with van der Waals surface area (Å²) < 4.78 is 0. The van der Waals surface area contributed by atoms with Crippen molar-refractivity contribution >= 4 is 5.91 Å². The van der Waals surface area contributed by atoms with Crippen molar-refractivity contribution in [2.45, 2.75) is 66.8 Å². The van der Waals surface area contributed by atoms with Gasteiger partial charge in [-0.25, -0.2) is 0 Å². The molecule has 0 saturated carbocycles. The van der Waals surface area contributed by atoms with Crippen molar-refractivity contribution in [1.29, 1.82) is 0 Å². The zero-order valence-electron chi connectivity index (χ0n) is 14.3. The summed E-state index contributed by atoms with van der Waals surface area (Å²) in [4.78, 5) is 14.4. The maximum absolute atomic E-state index is 12.3. The summed E-state index contributed by atoms with van der Waals surface area (Å²) in [6, 6.07) is 0.412. The minimum Gasteiger partial charge on any atom is -0.341 e. The molecule has 1 rings (SSSR count). The topological polar surface area (TPSA) is 32.3 Å². The zero-order chi connectivity index (χ0) is 15.3. The molecule has 1 heterocycles. The monoisotopic (exact) mass is 282 g/mol. The van der Waals surface area contributed by atoms with Crippen LogP contribution < -0.4 is 5.32 Å². The Morgan fingerprint density at radius 1 is 1.30 bits per heavy atom. The number of hydrogen-bond acceptors (Lipinski definition) is 2. The molecule has 3 nitrogen and oxygen atoms in total. The molecule has 3 heteroatoms. The normalized spacial score (nSPS) is 23.1. The molecule has 0 aromatic rings. The van der Waals surface area contributed by atoms with E-state index in [9.17, 15) is 4.79 Å². The van der Waals surface area contributed by atoms with Crippen molar-refractivity contribution in [2.24, 2.45) is 17.3 Å². The van der Waals surface area contributed by atoms with Crippen LogP contribution in [-0.2, 0) is 4.79 Å². The van der Waals surface area contributed by atoms with Crippen LogP contribution in [0.4, 0.5) is 0 Å². The average Bonchev–Trinajstić information content (AvgIpc) is 2.51. The molecule has 2 unspecified atom stereocenters. The summed E-state index contributed by atoms with van der Waals surface area (Å²) in [6.07, 6.45) is 2.91. The van der Waals surface area contributed by atoms with Crippen molar-refractivity contribution in [1.82, 2.24) is 10.2 Å². The van der Waals surface area contributed by atoms with E-state index >= 15 is 0 Å². The first-order chi connectivity index (χ1) is 9.25.